The van der Waals surface area contributed by atoms with Crippen molar-refractivity contribution < 1.29 is 4.92 Å². The highest BCUT2D eigenvalue weighted by molar-refractivity contribution is 5.94. The fourth-order valence-corrected chi connectivity index (χ4v) is 2.06. The largest absolute Gasteiger partial charge is 0.361 e. The molecule has 0 aliphatic heterocycles. The highest BCUT2D eigenvalue weighted by Gasteiger charge is 2.23. The molecule has 0 fully saturated rings. The number of hydrogen-bond donors (Lipinski definition) is 1. The normalized spacial score (nSPS) is 10.9. The van der Waals surface area contributed by atoms with Gasteiger partial charge in [0.15, 0.2) is 5.65 Å². The van der Waals surface area contributed by atoms with Crippen molar-refractivity contribution in [3.63, 3.8) is 0 Å². The Morgan fingerprint density at radius 3 is 2.65 bits per heavy atom. The van der Waals surface area contributed by atoms with Crippen LogP contribution in [0.1, 0.15) is 5.69 Å². The molecule has 0 aliphatic rings. The topological polar surface area (TPSA) is 131 Å². The third-order valence-electron chi connectivity index (χ3n) is 3.30. The van der Waals surface area contributed by atoms with E-state index in [-0.39, 0.29) is 23.3 Å². The lowest BCUT2D eigenvalue weighted by atomic mass is 10.3. The maximum atomic E-state index is 10.9. The lowest BCUT2D eigenvalue weighted by Crippen LogP contribution is -2.23. The van der Waals surface area contributed by atoms with Crippen LogP contribution in [-0.2, 0) is 7.05 Å². The number of nitrogens with one attached hydrogen (secondary N) is 1. The molecular formula is C12H13N9O2. The molecule has 11 nitrogen and oxygen atoms in total. The van der Waals surface area contributed by atoms with Gasteiger partial charge in [0.2, 0.25) is 5.82 Å². The summed E-state index contributed by atoms with van der Waals surface area (Å²) in [4.78, 5) is 16.1. The summed E-state index contributed by atoms with van der Waals surface area (Å²) in [6.07, 6.45) is 1.15. The zero-order valence-electron chi connectivity index (χ0n) is 12.6. The molecule has 0 amide bonds. The standard InChI is InChI=1S/C12H13N9O2/c1-18(2)10(13)7-4-5-8-15-16-12(20(8)17-7)11-14-6-9(19(11)3)21(22)23/h4-6,13H,1-3H3. The third kappa shape index (κ3) is 2.27. The van der Waals surface area contributed by atoms with Crippen molar-refractivity contribution in [1.82, 2.24) is 34.3 Å². The summed E-state index contributed by atoms with van der Waals surface area (Å²) in [5.41, 5.74) is 0.883. The first-order chi connectivity index (χ1) is 10.9. The van der Waals surface area contributed by atoms with E-state index in [4.69, 9.17) is 5.41 Å². The molecule has 3 aromatic rings. The maximum Gasteiger partial charge on any atom is 0.343 e. The molecule has 3 aromatic heterocycles. The van der Waals surface area contributed by atoms with E-state index in [2.05, 4.69) is 20.3 Å². The van der Waals surface area contributed by atoms with Crippen molar-refractivity contribution in [2.24, 2.45) is 7.05 Å². The van der Waals surface area contributed by atoms with Crippen molar-refractivity contribution in [2.75, 3.05) is 14.1 Å². The van der Waals surface area contributed by atoms with Crippen molar-refractivity contribution >= 4 is 17.3 Å². The molecule has 0 unspecified atom stereocenters. The summed E-state index contributed by atoms with van der Waals surface area (Å²) in [5, 5.41) is 31.2. The Morgan fingerprint density at radius 2 is 2.04 bits per heavy atom. The van der Waals surface area contributed by atoms with E-state index in [0.29, 0.717) is 11.3 Å². The predicted octanol–water partition coefficient (Wildman–Crippen LogP) is 0.320. The van der Waals surface area contributed by atoms with Crippen LogP contribution in [0, 0.1) is 15.5 Å². The summed E-state index contributed by atoms with van der Waals surface area (Å²) in [6, 6.07) is 3.34. The molecule has 0 radical (unpaired) electrons. The van der Waals surface area contributed by atoms with Crippen LogP contribution in [0.5, 0.6) is 0 Å². The molecular weight excluding hydrogens is 302 g/mol. The van der Waals surface area contributed by atoms with E-state index in [1.165, 1.54) is 16.1 Å². The first kappa shape index (κ1) is 14.6. The average molecular weight is 315 g/mol. The van der Waals surface area contributed by atoms with Crippen LogP contribution in [0.4, 0.5) is 5.82 Å². The molecule has 118 valence electrons. The van der Waals surface area contributed by atoms with Gasteiger partial charge in [-0.1, -0.05) is 0 Å². The highest BCUT2D eigenvalue weighted by atomic mass is 16.6. The zero-order valence-corrected chi connectivity index (χ0v) is 12.6. The summed E-state index contributed by atoms with van der Waals surface area (Å²) >= 11 is 0. The van der Waals surface area contributed by atoms with Gasteiger partial charge in [-0.15, -0.1) is 10.2 Å². The fraction of sp³-hybridized carbons (Fsp3) is 0.250. The molecule has 0 saturated carbocycles. The van der Waals surface area contributed by atoms with Gasteiger partial charge in [-0.05, 0) is 17.1 Å². The second kappa shape index (κ2) is 5.12. The van der Waals surface area contributed by atoms with Gasteiger partial charge in [0.25, 0.3) is 5.82 Å². The molecule has 0 spiro atoms. The quantitative estimate of drug-likeness (QED) is 0.318. The van der Waals surface area contributed by atoms with Crippen LogP contribution in [-0.4, -0.2) is 59.1 Å². The van der Waals surface area contributed by atoms with Gasteiger partial charge in [-0.2, -0.15) is 9.61 Å². The van der Waals surface area contributed by atoms with Crippen molar-refractivity contribution in [3.05, 3.63) is 34.1 Å². The molecule has 3 heterocycles. The lowest BCUT2D eigenvalue weighted by Gasteiger charge is -2.12. The number of nitrogens with zero attached hydrogens (tertiary/aromatic N) is 8. The Morgan fingerprint density at radius 1 is 1.30 bits per heavy atom. The van der Waals surface area contributed by atoms with Gasteiger partial charge >= 0.3 is 5.82 Å². The molecule has 0 saturated heterocycles. The summed E-state index contributed by atoms with van der Waals surface area (Å²) in [5.74, 6) is 0.598. The van der Waals surface area contributed by atoms with E-state index >= 15 is 0 Å². The summed E-state index contributed by atoms with van der Waals surface area (Å²) < 4.78 is 2.72. The van der Waals surface area contributed by atoms with E-state index in [9.17, 15) is 10.1 Å². The smallest absolute Gasteiger partial charge is 0.343 e. The molecule has 0 aromatic carbocycles. The molecule has 0 bridgehead atoms. The van der Waals surface area contributed by atoms with Gasteiger partial charge in [0.05, 0.1) is 7.05 Å². The Kier molecular flexibility index (Phi) is 3.24. The van der Waals surface area contributed by atoms with Crippen LogP contribution >= 0.6 is 0 Å². The van der Waals surface area contributed by atoms with Crippen LogP contribution in [0.2, 0.25) is 0 Å². The molecule has 0 atom stereocenters. The number of amidine groups is 1. The Bertz CT molecular complexity index is 924. The minimum atomic E-state index is -0.527. The van der Waals surface area contributed by atoms with Crippen molar-refractivity contribution in [3.8, 4) is 11.6 Å². The molecule has 3 rings (SSSR count). The summed E-state index contributed by atoms with van der Waals surface area (Å²) in [6.45, 7) is 0. The van der Waals surface area contributed by atoms with Gasteiger partial charge in [0, 0.05) is 14.1 Å². The predicted molar refractivity (Wildman–Crippen MR) is 80.2 cm³/mol. The highest BCUT2D eigenvalue weighted by Crippen LogP contribution is 2.21. The van der Waals surface area contributed by atoms with Gasteiger partial charge < -0.3 is 15.0 Å². The van der Waals surface area contributed by atoms with Crippen molar-refractivity contribution in [2.45, 2.75) is 0 Å². The monoisotopic (exact) mass is 315 g/mol. The molecule has 1 N–H and O–H groups in total. The number of aromatic nitrogens is 6. The molecule has 23 heavy (non-hydrogen) atoms. The van der Waals surface area contributed by atoms with Crippen molar-refractivity contribution in [1.29, 1.82) is 5.41 Å². The van der Waals surface area contributed by atoms with Gasteiger partial charge in [-0.25, -0.2) is 9.55 Å². The van der Waals surface area contributed by atoms with Crippen LogP contribution < -0.4 is 0 Å². The maximum absolute atomic E-state index is 10.9. The van der Waals surface area contributed by atoms with Gasteiger partial charge in [-0.3, -0.25) is 5.41 Å². The van der Waals surface area contributed by atoms with Gasteiger partial charge in [0.1, 0.15) is 17.7 Å². The van der Waals surface area contributed by atoms with E-state index in [1.807, 2.05) is 0 Å². The number of nitro groups is 1. The molecule has 0 aliphatic carbocycles. The molecule has 11 heteroatoms. The SMILES string of the molecule is CN(C)C(=N)c1ccc2nnc(-c3ncc([N+](=O)[O-])n3C)n2n1. The number of hydrogen-bond acceptors (Lipinski definition) is 7. The second-order valence-electron chi connectivity index (χ2n) is 5.01. The van der Waals surface area contributed by atoms with Crippen LogP contribution in [0.15, 0.2) is 18.3 Å². The third-order valence-corrected chi connectivity index (χ3v) is 3.30. The van der Waals surface area contributed by atoms with Crippen LogP contribution in [0.3, 0.4) is 0 Å². The van der Waals surface area contributed by atoms with E-state index < -0.39 is 4.92 Å². The minimum Gasteiger partial charge on any atom is -0.361 e. The fourth-order valence-electron chi connectivity index (χ4n) is 2.06. The van der Waals surface area contributed by atoms with Crippen LogP contribution in [0.25, 0.3) is 17.3 Å². The summed E-state index contributed by atoms with van der Waals surface area (Å²) in [7, 11) is 5.00. The van der Waals surface area contributed by atoms with E-state index in [0.717, 1.165) is 6.20 Å². The zero-order chi connectivity index (χ0) is 16.7. The Hall–Kier alpha value is -3.37. The Balaban J connectivity index is 2.17. The first-order valence-corrected chi connectivity index (χ1v) is 6.55. The lowest BCUT2D eigenvalue weighted by molar-refractivity contribution is -0.391. The minimum absolute atomic E-state index is 0.158. The Labute approximate surface area is 129 Å². The average Bonchev–Trinajstić information content (AvgIpc) is 3.08. The number of rotatable bonds is 3. The number of fused-ring (bicyclic) bond motifs is 1. The first-order valence-electron chi connectivity index (χ1n) is 6.55. The second-order valence-corrected chi connectivity index (χ2v) is 5.01. The number of imidazole rings is 1. The van der Waals surface area contributed by atoms with E-state index in [1.54, 1.807) is 31.1 Å².